The van der Waals surface area contributed by atoms with Crippen molar-refractivity contribution in [1.82, 2.24) is 9.97 Å². The number of aliphatic hydroxyl groups excluding tert-OH is 1. The second-order valence-corrected chi connectivity index (χ2v) is 2.23. The molecule has 0 atom stereocenters. The molecule has 0 aliphatic carbocycles. The van der Waals surface area contributed by atoms with Gasteiger partial charge in [-0.2, -0.15) is 0 Å². The van der Waals surface area contributed by atoms with Crippen LogP contribution in [0.1, 0.15) is 17.2 Å². The van der Waals surface area contributed by atoms with Crippen molar-refractivity contribution >= 4 is 0 Å². The van der Waals surface area contributed by atoms with Gasteiger partial charge >= 0.3 is 0 Å². The highest BCUT2D eigenvalue weighted by Gasteiger charge is 1.95. The number of rotatable bonds is 1. The molecule has 0 aliphatic heterocycles. The molecule has 1 aromatic heterocycles. The third kappa shape index (κ3) is 1.51. The smallest absolute Gasteiger partial charge is 0.154 e. The van der Waals surface area contributed by atoms with Crippen LogP contribution in [0.15, 0.2) is 6.07 Å². The molecule has 0 aliphatic rings. The first-order chi connectivity index (χ1) is 4.72. The molecule has 0 saturated heterocycles. The normalized spacial score (nSPS) is 9.90. The molecular formula is C7H10N2O. The van der Waals surface area contributed by atoms with E-state index in [1.807, 2.05) is 19.9 Å². The Labute approximate surface area is 59.8 Å². The molecule has 0 spiro atoms. The van der Waals surface area contributed by atoms with E-state index in [2.05, 4.69) is 9.97 Å². The molecular weight excluding hydrogens is 128 g/mol. The monoisotopic (exact) mass is 138 g/mol. The quantitative estimate of drug-likeness (QED) is 0.617. The number of aromatic nitrogens is 2. The fourth-order valence-corrected chi connectivity index (χ4v) is 0.870. The first-order valence-corrected chi connectivity index (χ1v) is 3.14. The Hall–Kier alpha value is -0.960. The van der Waals surface area contributed by atoms with Gasteiger partial charge < -0.3 is 5.11 Å². The summed E-state index contributed by atoms with van der Waals surface area (Å²) >= 11 is 0. The lowest BCUT2D eigenvalue weighted by Gasteiger charge is -1.97. The summed E-state index contributed by atoms with van der Waals surface area (Å²) in [4.78, 5) is 7.98. The number of aryl methyl sites for hydroxylation is 2. The van der Waals surface area contributed by atoms with E-state index in [1.165, 1.54) is 0 Å². The maximum atomic E-state index is 8.66. The fourth-order valence-electron chi connectivity index (χ4n) is 0.870. The Balaban J connectivity index is 3.06. The molecule has 0 saturated carbocycles. The number of hydrogen-bond donors (Lipinski definition) is 1. The Bertz CT molecular complexity index is 215. The molecule has 3 nitrogen and oxygen atoms in total. The summed E-state index contributed by atoms with van der Waals surface area (Å²) in [5.74, 6) is 0.498. The Morgan fingerprint density at radius 3 is 2.20 bits per heavy atom. The number of aliphatic hydroxyl groups is 1. The SMILES string of the molecule is Cc1cc(C)nc(CO)n1. The zero-order valence-corrected chi connectivity index (χ0v) is 6.13. The van der Waals surface area contributed by atoms with Crippen molar-refractivity contribution in [3.8, 4) is 0 Å². The van der Waals surface area contributed by atoms with Crippen LogP contribution in [0.3, 0.4) is 0 Å². The minimum atomic E-state index is -0.0808. The fraction of sp³-hybridized carbons (Fsp3) is 0.429. The van der Waals surface area contributed by atoms with Crippen molar-refractivity contribution < 1.29 is 5.11 Å². The average Bonchev–Trinajstić information content (AvgIpc) is 1.85. The second kappa shape index (κ2) is 2.75. The zero-order valence-electron chi connectivity index (χ0n) is 6.13. The summed E-state index contributed by atoms with van der Waals surface area (Å²) in [6.07, 6.45) is 0. The van der Waals surface area contributed by atoms with Gasteiger partial charge in [-0.05, 0) is 19.9 Å². The highest BCUT2D eigenvalue weighted by molar-refractivity contribution is 5.07. The van der Waals surface area contributed by atoms with Crippen LogP contribution in [0.2, 0.25) is 0 Å². The molecule has 0 bridgehead atoms. The average molecular weight is 138 g/mol. The third-order valence-electron chi connectivity index (χ3n) is 1.17. The Morgan fingerprint density at radius 1 is 1.30 bits per heavy atom. The van der Waals surface area contributed by atoms with Crippen LogP contribution >= 0.6 is 0 Å². The van der Waals surface area contributed by atoms with Crippen LogP contribution in [0, 0.1) is 13.8 Å². The largest absolute Gasteiger partial charge is 0.388 e. The minimum Gasteiger partial charge on any atom is -0.388 e. The highest BCUT2D eigenvalue weighted by Crippen LogP contribution is 1.97. The van der Waals surface area contributed by atoms with Gasteiger partial charge in [0.05, 0.1) is 0 Å². The van der Waals surface area contributed by atoms with Gasteiger partial charge in [0, 0.05) is 11.4 Å². The summed E-state index contributed by atoms with van der Waals surface area (Å²) in [6, 6.07) is 1.87. The molecule has 54 valence electrons. The zero-order chi connectivity index (χ0) is 7.56. The van der Waals surface area contributed by atoms with Crippen molar-refractivity contribution in [2.24, 2.45) is 0 Å². The topological polar surface area (TPSA) is 46.0 Å². The van der Waals surface area contributed by atoms with Gasteiger partial charge in [0.1, 0.15) is 6.61 Å². The lowest BCUT2D eigenvalue weighted by molar-refractivity contribution is 0.270. The standard InChI is InChI=1S/C7H10N2O/c1-5-3-6(2)9-7(4-10)8-5/h3,10H,4H2,1-2H3. The molecule has 1 heterocycles. The summed E-state index contributed by atoms with van der Waals surface area (Å²) in [6.45, 7) is 3.68. The van der Waals surface area contributed by atoms with Crippen molar-refractivity contribution in [3.05, 3.63) is 23.3 Å². The van der Waals surface area contributed by atoms with Gasteiger partial charge in [0.15, 0.2) is 5.82 Å². The first-order valence-electron chi connectivity index (χ1n) is 3.14. The molecule has 1 rings (SSSR count). The second-order valence-electron chi connectivity index (χ2n) is 2.23. The van der Waals surface area contributed by atoms with Crippen LogP contribution < -0.4 is 0 Å². The lowest BCUT2D eigenvalue weighted by atomic mass is 10.3. The molecule has 1 N–H and O–H groups in total. The van der Waals surface area contributed by atoms with Crippen molar-refractivity contribution in [2.75, 3.05) is 0 Å². The van der Waals surface area contributed by atoms with Crippen LogP contribution in [-0.2, 0) is 6.61 Å². The van der Waals surface area contributed by atoms with Crippen molar-refractivity contribution in [1.29, 1.82) is 0 Å². The van der Waals surface area contributed by atoms with Crippen LogP contribution in [0.4, 0.5) is 0 Å². The van der Waals surface area contributed by atoms with Crippen molar-refractivity contribution in [3.63, 3.8) is 0 Å². The van der Waals surface area contributed by atoms with E-state index in [0.29, 0.717) is 5.82 Å². The molecule has 1 aromatic rings. The maximum absolute atomic E-state index is 8.66. The molecule has 10 heavy (non-hydrogen) atoms. The predicted octanol–water partition coefficient (Wildman–Crippen LogP) is 0.586. The third-order valence-corrected chi connectivity index (χ3v) is 1.17. The molecule has 0 radical (unpaired) electrons. The van der Waals surface area contributed by atoms with Gasteiger partial charge in [-0.25, -0.2) is 9.97 Å². The van der Waals surface area contributed by atoms with E-state index in [9.17, 15) is 0 Å². The first kappa shape index (κ1) is 7.15. The Morgan fingerprint density at radius 2 is 1.80 bits per heavy atom. The van der Waals surface area contributed by atoms with E-state index in [1.54, 1.807) is 0 Å². The molecule has 3 heteroatoms. The molecule has 0 amide bonds. The number of hydrogen-bond acceptors (Lipinski definition) is 3. The highest BCUT2D eigenvalue weighted by atomic mass is 16.3. The van der Waals surface area contributed by atoms with E-state index < -0.39 is 0 Å². The minimum absolute atomic E-state index is 0.0808. The van der Waals surface area contributed by atoms with E-state index in [4.69, 9.17) is 5.11 Å². The summed E-state index contributed by atoms with van der Waals surface area (Å²) < 4.78 is 0. The Kier molecular flexibility index (Phi) is 1.97. The van der Waals surface area contributed by atoms with E-state index in [-0.39, 0.29) is 6.61 Å². The lowest BCUT2D eigenvalue weighted by Crippen LogP contribution is -1.97. The molecule has 0 fully saturated rings. The van der Waals surface area contributed by atoms with E-state index >= 15 is 0 Å². The van der Waals surface area contributed by atoms with Gasteiger partial charge in [-0.15, -0.1) is 0 Å². The van der Waals surface area contributed by atoms with Gasteiger partial charge in [0.25, 0.3) is 0 Å². The number of nitrogens with zero attached hydrogens (tertiary/aromatic N) is 2. The van der Waals surface area contributed by atoms with Gasteiger partial charge in [-0.3, -0.25) is 0 Å². The molecule has 0 aromatic carbocycles. The summed E-state index contributed by atoms with van der Waals surface area (Å²) in [5, 5.41) is 8.66. The van der Waals surface area contributed by atoms with Crippen LogP contribution in [0.5, 0.6) is 0 Å². The summed E-state index contributed by atoms with van der Waals surface area (Å²) in [7, 11) is 0. The van der Waals surface area contributed by atoms with Crippen molar-refractivity contribution in [2.45, 2.75) is 20.5 Å². The maximum Gasteiger partial charge on any atom is 0.154 e. The van der Waals surface area contributed by atoms with E-state index in [0.717, 1.165) is 11.4 Å². The predicted molar refractivity (Wildman–Crippen MR) is 37.4 cm³/mol. The van der Waals surface area contributed by atoms with Crippen LogP contribution in [0.25, 0.3) is 0 Å². The van der Waals surface area contributed by atoms with Gasteiger partial charge in [0.2, 0.25) is 0 Å². The molecule has 0 unspecified atom stereocenters. The summed E-state index contributed by atoms with van der Waals surface area (Å²) in [5.41, 5.74) is 1.80. The van der Waals surface area contributed by atoms with Gasteiger partial charge in [-0.1, -0.05) is 0 Å². The van der Waals surface area contributed by atoms with Crippen LogP contribution in [-0.4, -0.2) is 15.1 Å².